The molecular formula is C13H15F3N2O3. The summed E-state index contributed by atoms with van der Waals surface area (Å²) in [4.78, 5) is 22.9. The predicted molar refractivity (Wildman–Crippen MR) is 70.1 cm³/mol. The quantitative estimate of drug-likeness (QED) is 0.879. The molecule has 21 heavy (non-hydrogen) atoms. The van der Waals surface area contributed by atoms with E-state index in [2.05, 4.69) is 15.4 Å². The molecule has 0 aliphatic rings. The van der Waals surface area contributed by atoms with Crippen molar-refractivity contribution in [1.29, 1.82) is 0 Å². The van der Waals surface area contributed by atoms with Crippen LogP contribution in [0.15, 0.2) is 24.3 Å². The van der Waals surface area contributed by atoms with Gasteiger partial charge in [0.1, 0.15) is 0 Å². The van der Waals surface area contributed by atoms with E-state index in [9.17, 15) is 22.8 Å². The molecule has 116 valence electrons. The average Bonchev–Trinajstić information content (AvgIpc) is 2.42. The van der Waals surface area contributed by atoms with Crippen molar-refractivity contribution in [2.75, 3.05) is 18.5 Å². The lowest BCUT2D eigenvalue weighted by molar-refractivity contribution is -0.159. The third kappa shape index (κ3) is 6.64. The molecule has 0 radical (unpaired) electrons. The van der Waals surface area contributed by atoms with Gasteiger partial charge in [0, 0.05) is 17.8 Å². The molecule has 0 saturated heterocycles. The summed E-state index contributed by atoms with van der Waals surface area (Å²) in [5.41, 5.74) is 0.461. The Bertz CT molecular complexity index is 504. The Labute approximate surface area is 119 Å². The number of anilines is 1. The molecule has 0 heterocycles. The minimum absolute atomic E-state index is 0.173. The number of ether oxygens (including phenoxy) is 1. The molecule has 2 amide bonds. The van der Waals surface area contributed by atoms with Crippen LogP contribution in [0.3, 0.4) is 0 Å². The fourth-order valence-electron chi connectivity index (χ4n) is 1.38. The molecule has 8 heteroatoms. The van der Waals surface area contributed by atoms with E-state index in [1.165, 1.54) is 24.3 Å². The van der Waals surface area contributed by atoms with E-state index >= 15 is 0 Å². The number of carbonyl (C=O) groups excluding carboxylic acids is 2. The van der Waals surface area contributed by atoms with Gasteiger partial charge in [-0.25, -0.2) is 4.79 Å². The van der Waals surface area contributed by atoms with Gasteiger partial charge in [-0.3, -0.25) is 10.1 Å². The van der Waals surface area contributed by atoms with Gasteiger partial charge in [0.2, 0.25) is 0 Å². The van der Waals surface area contributed by atoms with Crippen molar-refractivity contribution in [2.24, 2.45) is 0 Å². The van der Waals surface area contributed by atoms with Crippen molar-refractivity contribution < 1.29 is 27.5 Å². The van der Waals surface area contributed by atoms with Crippen LogP contribution >= 0.6 is 0 Å². The number of hydrogen-bond donors (Lipinski definition) is 2. The van der Waals surface area contributed by atoms with Crippen molar-refractivity contribution >= 4 is 17.7 Å². The topological polar surface area (TPSA) is 67.4 Å². The first-order chi connectivity index (χ1) is 9.81. The van der Waals surface area contributed by atoms with Gasteiger partial charge in [0.05, 0.1) is 0 Å². The molecular weight excluding hydrogens is 289 g/mol. The van der Waals surface area contributed by atoms with Crippen LogP contribution in [0.25, 0.3) is 0 Å². The Balaban J connectivity index is 2.60. The monoisotopic (exact) mass is 304 g/mol. The van der Waals surface area contributed by atoms with Crippen LogP contribution in [0.5, 0.6) is 0 Å². The minimum atomic E-state index is -4.58. The van der Waals surface area contributed by atoms with Crippen molar-refractivity contribution in [3.05, 3.63) is 29.8 Å². The molecule has 0 fully saturated rings. The molecule has 1 rings (SSSR count). The Morgan fingerprint density at radius 3 is 2.62 bits per heavy atom. The first kappa shape index (κ1) is 16.8. The summed E-state index contributed by atoms with van der Waals surface area (Å²) in [5.74, 6) is -0.329. The smallest absolute Gasteiger partial charge is 0.422 e. The number of rotatable bonds is 5. The van der Waals surface area contributed by atoms with Gasteiger partial charge < -0.3 is 10.1 Å². The number of halogens is 3. The summed E-state index contributed by atoms with van der Waals surface area (Å²) in [7, 11) is 0. The highest BCUT2D eigenvalue weighted by Crippen LogP contribution is 2.15. The van der Waals surface area contributed by atoms with Crippen LogP contribution in [0.1, 0.15) is 23.7 Å². The molecule has 0 aliphatic heterocycles. The summed E-state index contributed by atoms with van der Waals surface area (Å²) < 4.78 is 39.7. The molecule has 0 spiro atoms. The van der Waals surface area contributed by atoms with E-state index in [4.69, 9.17) is 0 Å². The molecule has 1 aromatic carbocycles. The number of amides is 2. The highest BCUT2D eigenvalue weighted by molar-refractivity contribution is 5.96. The Hall–Kier alpha value is -2.25. The van der Waals surface area contributed by atoms with Crippen molar-refractivity contribution in [3.8, 4) is 0 Å². The van der Waals surface area contributed by atoms with Crippen LogP contribution in [-0.2, 0) is 4.74 Å². The molecule has 0 aliphatic carbocycles. The summed E-state index contributed by atoms with van der Waals surface area (Å²) in [5, 5.41) is 4.77. The summed E-state index contributed by atoms with van der Waals surface area (Å²) in [6.45, 7) is 0.731. The summed E-state index contributed by atoms with van der Waals surface area (Å²) >= 11 is 0. The van der Waals surface area contributed by atoms with E-state index in [-0.39, 0.29) is 17.2 Å². The maximum Gasteiger partial charge on any atom is 0.422 e. The second kappa shape index (κ2) is 7.51. The Morgan fingerprint density at radius 2 is 2.00 bits per heavy atom. The molecule has 0 bridgehead atoms. The van der Waals surface area contributed by atoms with Crippen LogP contribution in [0.4, 0.5) is 23.7 Å². The third-order valence-corrected chi connectivity index (χ3v) is 2.27. The van der Waals surface area contributed by atoms with E-state index in [0.29, 0.717) is 6.54 Å². The van der Waals surface area contributed by atoms with Crippen LogP contribution in [-0.4, -0.2) is 31.3 Å². The van der Waals surface area contributed by atoms with Crippen molar-refractivity contribution in [2.45, 2.75) is 19.5 Å². The lowest BCUT2D eigenvalue weighted by Gasteiger charge is -2.10. The number of carbonyl (C=O) groups is 2. The SMILES string of the molecule is CCCNC(=O)c1cccc(NC(=O)OCC(F)(F)F)c1. The van der Waals surface area contributed by atoms with Gasteiger partial charge >= 0.3 is 12.3 Å². The molecule has 0 saturated carbocycles. The number of hydrogen-bond acceptors (Lipinski definition) is 3. The number of alkyl halides is 3. The van der Waals surface area contributed by atoms with Crippen LogP contribution in [0, 0.1) is 0 Å². The average molecular weight is 304 g/mol. The van der Waals surface area contributed by atoms with E-state index in [0.717, 1.165) is 6.42 Å². The molecule has 0 unspecified atom stereocenters. The third-order valence-electron chi connectivity index (χ3n) is 2.27. The van der Waals surface area contributed by atoms with E-state index in [1.807, 2.05) is 6.92 Å². The first-order valence-electron chi connectivity index (χ1n) is 6.20. The zero-order valence-electron chi connectivity index (χ0n) is 11.3. The second-order valence-corrected chi connectivity index (χ2v) is 4.15. The highest BCUT2D eigenvalue weighted by atomic mass is 19.4. The van der Waals surface area contributed by atoms with Crippen LogP contribution < -0.4 is 10.6 Å². The van der Waals surface area contributed by atoms with Crippen molar-refractivity contribution in [3.63, 3.8) is 0 Å². The fourth-order valence-corrected chi connectivity index (χ4v) is 1.38. The van der Waals surface area contributed by atoms with Gasteiger partial charge in [-0.2, -0.15) is 13.2 Å². The van der Waals surface area contributed by atoms with Gasteiger partial charge in [0.15, 0.2) is 6.61 Å². The summed E-state index contributed by atoms with van der Waals surface area (Å²) in [6, 6.07) is 5.81. The number of benzene rings is 1. The van der Waals surface area contributed by atoms with Gasteiger partial charge in [-0.1, -0.05) is 13.0 Å². The van der Waals surface area contributed by atoms with E-state index in [1.54, 1.807) is 0 Å². The largest absolute Gasteiger partial charge is 0.440 e. The zero-order chi connectivity index (χ0) is 15.9. The van der Waals surface area contributed by atoms with Crippen molar-refractivity contribution in [1.82, 2.24) is 5.32 Å². The van der Waals surface area contributed by atoms with Gasteiger partial charge in [-0.15, -0.1) is 0 Å². The molecule has 1 aromatic rings. The maximum atomic E-state index is 11.9. The number of nitrogens with one attached hydrogen (secondary N) is 2. The second-order valence-electron chi connectivity index (χ2n) is 4.15. The molecule has 0 atom stereocenters. The normalized spacial score (nSPS) is 10.9. The van der Waals surface area contributed by atoms with Gasteiger partial charge in [-0.05, 0) is 24.6 Å². The highest BCUT2D eigenvalue weighted by Gasteiger charge is 2.29. The standard InChI is InChI=1S/C13H15F3N2O3/c1-2-6-17-11(19)9-4-3-5-10(7-9)18-12(20)21-8-13(14,15)16/h3-5,7H,2,6,8H2,1H3,(H,17,19)(H,18,20). The molecule has 5 nitrogen and oxygen atoms in total. The van der Waals surface area contributed by atoms with Gasteiger partial charge in [0.25, 0.3) is 5.91 Å². The van der Waals surface area contributed by atoms with Crippen LogP contribution in [0.2, 0.25) is 0 Å². The van der Waals surface area contributed by atoms with E-state index < -0.39 is 18.9 Å². The Kier molecular flexibility index (Phi) is 6.01. The molecule has 2 N–H and O–H groups in total. The fraction of sp³-hybridized carbons (Fsp3) is 0.385. The lowest BCUT2D eigenvalue weighted by Crippen LogP contribution is -2.25. The lowest BCUT2D eigenvalue weighted by atomic mass is 10.2. The first-order valence-corrected chi connectivity index (χ1v) is 6.20. The summed E-state index contributed by atoms with van der Waals surface area (Å²) in [6.07, 6.45) is -5.05. The predicted octanol–water partition coefficient (Wildman–Crippen LogP) is 2.94. The minimum Gasteiger partial charge on any atom is -0.440 e. The Morgan fingerprint density at radius 1 is 1.29 bits per heavy atom. The molecule has 0 aromatic heterocycles. The zero-order valence-corrected chi connectivity index (χ0v) is 11.3. The maximum absolute atomic E-state index is 11.9.